The van der Waals surface area contributed by atoms with Gasteiger partial charge in [0.2, 0.25) is 0 Å². The average Bonchev–Trinajstić information content (AvgIpc) is 2.18. The topological polar surface area (TPSA) is 24.4 Å². The summed E-state index contributed by atoms with van der Waals surface area (Å²) in [5, 5.41) is 4.17. The van der Waals surface area contributed by atoms with Crippen LogP contribution in [0.15, 0.2) is 29.4 Å². The van der Waals surface area contributed by atoms with Crippen LogP contribution in [-0.4, -0.2) is 12.3 Å². The van der Waals surface area contributed by atoms with E-state index in [9.17, 15) is 0 Å². The highest BCUT2D eigenvalue weighted by atomic mass is 15.3. The van der Waals surface area contributed by atoms with E-state index in [1.807, 2.05) is 13.8 Å². The highest BCUT2D eigenvalue weighted by Crippen LogP contribution is 2.14. The van der Waals surface area contributed by atoms with E-state index in [0.717, 1.165) is 12.3 Å². The molecule has 0 amide bonds. The van der Waals surface area contributed by atoms with Gasteiger partial charge in [-0.15, -0.1) is 0 Å². The van der Waals surface area contributed by atoms with E-state index in [4.69, 9.17) is 0 Å². The molecule has 0 aliphatic heterocycles. The fourth-order valence-electron chi connectivity index (χ4n) is 1.35. The minimum absolute atomic E-state index is 0.494. The molecule has 0 radical (unpaired) electrons. The Balaban J connectivity index is 2.50. The zero-order chi connectivity index (χ0) is 11.3. The molecule has 2 nitrogen and oxygen atoms in total. The third-order valence-corrected chi connectivity index (χ3v) is 2.35. The van der Waals surface area contributed by atoms with Crippen LogP contribution in [0.1, 0.15) is 37.8 Å². The van der Waals surface area contributed by atoms with Crippen LogP contribution in [0.2, 0.25) is 0 Å². The minimum Gasteiger partial charge on any atom is -0.310 e. The molecule has 0 saturated carbocycles. The summed E-state index contributed by atoms with van der Waals surface area (Å²) in [6.45, 7) is 9.18. The van der Waals surface area contributed by atoms with Crippen LogP contribution in [0.5, 0.6) is 0 Å². The van der Waals surface area contributed by atoms with Crippen molar-refractivity contribution in [3.8, 4) is 0 Å². The number of hydrogen-bond donors (Lipinski definition) is 1. The summed E-state index contributed by atoms with van der Waals surface area (Å²) in [6.07, 6.45) is 0. The largest absolute Gasteiger partial charge is 0.310 e. The predicted molar refractivity (Wildman–Crippen MR) is 66.4 cm³/mol. The van der Waals surface area contributed by atoms with Gasteiger partial charge in [-0.05, 0) is 26.3 Å². The Morgan fingerprint density at radius 3 is 2.40 bits per heavy atom. The molecule has 0 aromatic heterocycles. The number of nitrogens with zero attached hydrogens (tertiary/aromatic N) is 1. The van der Waals surface area contributed by atoms with Crippen molar-refractivity contribution >= 4 is 5.71 Å². The summed E-state index contributed by atoms with van der Waals surface area (Å²) in [5.41, 5.74) is 6.81. The molecule has 0 bridgehead atoms. The van der Waals surface area contributed by atoms with Crippen molar-refractivity contribution in [2.75, 3.05) is 6.54 Å². The van der Waals surface area contributed by atoms with Crippen molar-refractivity contribution in [2.24, 2.45) is 5.10 Å². The molecule has 0 aliphatic rings. The van der Waals surface area contributed by atoms with Crippen molar-refractivity contribution in [2.45, 2.75) is 33.6 Å². The molecule has 82 valence electrons. The van der Waals surface area contributed by atoms with Crippen LogP contribution in [0.25, 0.3) is 0 Å². The molecule has 1 unspecified atom stereocenters. The van der Waals surface area contributed by atoms with Crippen LogP contribution in [-0.2, 0) is 0 Å². The Morgan fingerprint density at radius 2 is 1.87 bits per heavy atom. The lowest BCUT2D eigenvalue weighted by molar-refractivity contribution is 0.641. The summed E-state index contributed by atoms with van der Waals surface area (Å²) in [6, 6.07) is 8.68. The van der Waals surface area contributed by atoms with Crippen molar-refractivity contribution < 1.29 is 0 Å². The smallest absolute Gasteiger partial charge is 0.0395 e. The second-order valence-electron chi connectivity index (χ2n) is 4.23. The molecule has 1 atom stereocenters. The van der Waals surface area contributed by atoms with Gasteiger partial charge in [-0.2, -0.15) is 5.10 Å². The molecule has 1 aromatic carbocycles. The van der Waals surface area contributed by atoms with E-state index in [1.54, 1.807) is 0 Å². The van der Waals surface area contributed by atoms with Crippen LogP contribution in [0.4, 0.5) is 0 Å². The number of hydrogen-bond acceptors (Lipinski definition) is 2. The first-order valence-electron chi connectivity index (χ1n) is 5.40. The zero-order valence-corrected chi connectivity index (χ0v) is 10.0. The molecule has 0 heterocycles. The van der Waals surface area contributed by atoms with E-state index < -0.39 is 0 Å². The monoisotopic (exact) mass is 204 g/mol. The Kier molecular flexibility index (Phi) is 4.35. The van der Waals surface area contributed by atoms with Gasteiger partial charge in [-0.3, -0.25) is 0 Å². The molecule has 0 fully saturated rings. The molecule has 2 heteroatoms. The molecular formula is C13H20N2. The van der Waals surface area contributed by atoms with E-state index in [1.165, 1.54) is 11.1 Å². The first-order chi connectivity index (χ1) is 7.09. The maximum atomic E-state index is 4.17. The fourth-order valence-corrected chi connectivity index (χ4v) is 1.35. The van der Waals surface area contributed by atoms with E-state index in [2.05, 4.69) is 48.6 Å². The Morgan fingerprint density at radius 1 is 1.27 bits per heavy atom. The molecule has 1 N–H and O–H groups in total. The minimum atomic E-state index is 0.494. The molecule has 0 spiro atoms. The van der Waals surface area contributed by atoms with Crippen molar-refractivity contribution in [1.82, 2.24) is 5.43 Å². The number of benzene rings is 1. The van der Waals surface area contributed by atoms with Gasteiger partial charge in [-0.1, -0.05) is 36.8 Å². The van der Waals surface area contributed by atoms with Gasteiger partial charge in [0, 0.05) is 18.2 Å². The van der Waals surface area contributed by atoms with Gasteiger partial charge < -0.3 is 5.43 Å². The van der Waals surface area contributed by atoms with Gasteiger partial charge in [0.1, 0.15) is 0 Å². The Hall–Kier alpha value is -1.31. The highest BCUT2D eigenvalue weighted by molar-refractivity contribution is 5.78. The third-order valence-electron chi connectivity index (χ3n) is 2.35. The predicted octanol–water partition coefficient (Wildman–Crippen LogP) is 3.08. The van der Waals surface area contributed by atoms with E-state index >= 15 is 0 Å². The fraction of sp³-hybridized carbons (Fsp3) is 0.462. The lowest BCUT2D eigenvalue weighted by Crippen LogP contribution is -2.15. The molecule has 0 saturated heterocycles. The third kappa shape index (κ3) is 4.15. The summed E-state index contributed by atoms with van der Waals surface area (Å²) < 4.78 is 0. The number of nitrogens with one attached hydrogen (secondary N) is 1. The van der Waals surface area contributed by atoms with Crippen molar-refractivity contribution in [3.63, 3.8) is 0 Å². The Labute approximate surface area is 92.4 Å². The van der Waals surface area contributed by atoms with Gasteiger partial charge in [0.05, 0.1) is 0 Å². The zero-order valence-electron chi connectivity index (χ0n) is 10.0. The van der Waals surface area contributed by atoms with E-state index in [-0.39, 0.29) is 0 Å². The van der Waals surface area contributed by atoms with Gasteiger partial charge in [0.15, 0.2) is 0 Å². The molecule has 15 heavy (non-hydrogen) atoms. The standard InChI is InChI=1S/C13H20N2/c1-10(2)15-14-9-12(4)13-7-5-11(3)6-8-13/h5-8,12,14H,9H2,1-4H3. The van der Waals surface area contributed by atoms with Gasteiger partial charge in [0.25, 0.3) is 0 Å². The Bertz CT molecular complexity index is 321. The lowest BCUT2D eigenvalue weighted by Gasteiger charge is -2.11. The van der Waals surface area contributed by atoms with Crippen molar-refractivity contribution in [3.05, 3.63) is 35.4 Å². The number of rotatable bonds is 4. The number of hydrazone groups is 1. The van der Waals surface area contributed by atoms with Gasteiger partial charge >= 0.3 is 0 Å². The summed E-state index contributed by atoms with van der Waals surface area (Å²) >= 11 is 0. The molecule has 1 rings (SSSR count). The molecule has 0 aliphatic carbocycles. The maximum Gasteiger partial charge on any atom is 0.0395 e. The summed E-state index contributed by atoms with van der Waals surface area (Å²) in [5.74, 6) is 0.494. The first-order valence-corrected chi connectivity index (χ1v) is 5.40. The molecule has 1 aromatic rings. The van der Waals surface area contributed by atoms with Crippen molar-refractivity contribution in [1.29, 1.82) is 0 Å². The lowest BCUT2D eigenvalue weighted by atomic mass is 10.0. The SMILES string of the molecule is CC(C)=NNCC(C)c1ccc(C)cc1. The maximum absolute atomic E-state index is 4.17. The highest BCUT2D eigenvalue weighted by Gasteiger charge is 2.03. The van der Waals surface area contributed by atoms with E-state index in [0.29, 0.717) is 5.92 Å². The van der Waals surface area contributed by atoms with Crippen LogP contribution in [0.3, 0.4) is 0 Å². The molecular weight excluding hydrogens is 184 g/mol. The van der Waals surface area contributed by atoms with Crippen LogP contribution < -0.4 is 5.43 Å². The quantitative estimate of drug-likeness (QED) is 0.591. The normalized spacial score (nSPS) is 12.0. The second kappa shape index (κ2) is 5.54. The van der Waals surface area contributed by atoms with Crippen LogP contribution in [0, 0.1) is 6.92 Å². The van der Waals surface area contributed by atoms with Gasteiger partial charge in [-0.25, -0.2) is 0 Å². The number of aryl methyl sites for hydroxylation is 1. The van der Waals surface area contributed by atoms with Crippen LogP contribution >= 0.6 is 0 Å². The summed E-state index contributed by atoms with van der Waals surface area (Å²) in [7, 11) is 0. The average molecular weight is 204 g/mol. The first kappa shape index (κ1) is 11.8. The summed E-state index contributed by atoms with van der Waals surface area (Å²) in [4.78, 5) is 0. The second-order valence-corrected chi connectivity index (χ2v) is 4.23.